The van der Waals surface area contributed by atoms with E-state index >= 15 is 0 Å². The van der Waals surface area contributed by atoms with Crippen LogP contribution in [0.3, 0.4) is 0 Å². The van der Waals surface area contributed by atoms with Gasteiger partial charge in [0.15, 0.2) is 0 Å². The van der Waals surface area contributed by atoms with E-state index in [0.29, 0.717) is 0 Å². The number of hydrogen-bond acceptors (Lipinski definition) is 2. The molecule has 0 fully saturated rings. The Morgan fingerprint density at radius 3 is 3.20 bits per heavy atom. The van der Waals surface area contributed by atoms with Crippen molar-refractivity contribution in [1.29, 1.82) is 0 Å². The summed E-state index contributed by atoms with van der Waals surface area (Å²) >= 11 is 0. The second kappa shape index (κ2) is 0.885. The van der Waals surface area contributed by atoms with Crippen LogP contribution in [0.2, 0.25) is 0 Å². The van der Waals surface area contributed by atoms with Crippen LogP contribution >= 0.6 is 0 Å². The zero-order chi connectivity index (χ0) is 3.54. The molecule has 1 heterocycles. The van der Waals surface area contributed by atoms with Gasteiger partial charge in [-0.05, 0) is 0 Å². The molecule has 0 saturated heterocycles. The molecular formula is C3H4NO+2. The lowest BCUT2D eigenvalue weighted by molar-refractivity contribution is 0.548. The van der Waals surface area contributed by atoms with E-state index in [4.69, 9.17) is 0 Å². The van der Waals surface area contributed by atoms with Gasteiger partial charge < -0.3 is 4.42 Å². The van der Waals surface area contributed by atoms with E-state index in [-0.39, 0.29) is 2.85 Å². The topological polar surface area (TPSA) is 26.0 Å². The molecule has 0 amide bonds. The third-order valence-electron chi connectivity index (χ3n) is 0.309. The summed E-state index contributed by atoms with van der Waals surface area (Å²) in [5.74, 6) is 0. The fourth-order valence-corrected chi connectivity index (χ4v) is 0.152. The van der Waals surface area contributed by atoms with Crippen LogP contribution in [0.1, 0.15) is 2.85 Å². The molecule has 0 saturated carbocycles. The van der Waals surface area contributed by atoms with Crippen LogP contribution in [0, 0.1) is 6.39 Å². The minimum Gasteiger partial charge on any atom is -0.441 e. The highest BCUT2D eigenvalue weighted by molar-refractivity contribution is 4.55. The van der Waals surface area contributed by atoms with E-state index in [1.165, 1.54) is 12.5 Å². The van der Waals surface area contributed by atoms with Crippen LogP contribution in [-0.2, 0) is 0 Å². The van der Waals surface area contributed by atoms with E-state index in [2.05, 4.69) is 15.8 Å². The van der Waals surface area contributed by atoms with Crippen LogP contribution in [0.5, 0.6) is 0 Å². The molecule has 0 N–H and O–H groups in total. The van der Waals surface area contributed by atoms with Gasteiger partial charge in [0.25, 0.3) is 6.39 Å². The number of aromatic nitrogens is 1. The third-order valence-corrected chi connectivity index (χ3v) is 0.309. The molecule has 25 valence electrons. The van der Waals surface area contributed by atoms with Crippen molar-refractivity contribution < 1.29 is 7.27 Å². The summed E-state index contributed by atoms with van der Waals surface area (Å²) < 4.78 is 4.35. The van der Waals surface area contributed by atoms with Crippen LogP contribution in [0.15, 0.2) is 16.9 Å². The zero-order valence-electron chi connectivity index (χ0n) is 4.51. The molecule has 1 rings (SSSR count). The standard InChI is InChI=1S/C3H2NO/c1-2-5-3-4-1/h1-2H/p+2. The summed E-state index contributed by atoms with van der Waals surface area (Å²) in [5.41, 5.74) is 0. The summed E-state index contributed by atoms with van der Waals surface area (Å²) in [6.45, 7) is 0. The summed E-state index contributed by atoms with van der Waals surface area (Å²) in [5, 5.41) is 0. The van der Waals surface area contributed by atoms with Crippen LogP contribution in [-0.4, -0.2) is 4.98 Å². The molecule has 1 radical (unpaired) electrons. The number of nitrogens with zero attached hydrogens (tertiary/aromatic N) is 1. The first-order chi connectivity index (χ1) is 2.50. The van der Waals surface area contributed by atoms with Crippen molar-refractivity contribution in [3.8, 4) is 0 Å². The van der Waals surface area contributed by atoms with E-state index in [1.54, 1.807) is 0 Å². The lowest BCUT2D eigenvalue weighted by Crippen LogP contribution is -1.40. The molecule has 0 unspecified atom stereocenters. The first kappa shape index (κ1) is 2.45. The first-order valence-electron chi connectivity index (χ1n) is 1.25. The SMILES string of the molecule is [H+].[H+].[c]1ncco1. The number of oxazole rings is 1. The van der Waals surface area contributed by atoms with Gasteiger partial charge in [-0.1, -0.05) is 0 Å². The van der Waals surface area contributed by atoms with Gasteiger partial charge in [-0.25, -0.2) is 4.98 Å². The summed E-state index contributed by atoms with van der Waals surface area (Å²) in [6.07, 6.45) is 5.22. The first-order valence-corrected chi connectivity index (χ1v) is 1.25. The molecule has 1 aromatic heterocycles. The lowest BCUT2D eigenvalue weighted by atomic mass is 11.0. The van der Waals surface area contributed by atoms with E-state index < -0.39 is 0 Å². The van der Waals surface area contributed by atoms with Gasteiger partial charge in [0.1, 0.15) is 6.26 Å². The Morgan fingerprint density at radius 2 is 3.00 bits per heavy atom. The van der Waals surface area contributed by atoms with E-state index in [1.807, 2.05) is 0 Å². The van der Waals surface area contributed by atoms with Gasteiger partial charge in [0, 0.05) is 0 Å². The third kappa shape index (κ3) is 0.265. The summed E-state index contributed by atoms with van der Waals surface area (Å²) in [6, 6.07) is 0. The van der Waals surface area contributed by atoms with Crippen molar-refractivity contribution in [2.45, 2.75) is 0 Å². The Morgan fingerprint density at radius 1 is 2.00 bits per heavy atom. The molecule has 0 aliphatic heterocycles. The van der Waals surface area contributed by atoms with Gasteiger partial charge in [0.05, 0.1) is 6.20 Å². The van der Waals surface area contributed by atoms with Crippen LogP contribution < -0.4 is 0 Å². The summed E-state index contributed by atoms with van der Waals surface area (Å²) in [7, 11) is 0. The Bertz CT molecular complexity index is 69.4. The smallest absolute Gasteiger partial charge is 0.441 e. The predicted octanol–water partition coefficient (Wildman–Crippen LogP) is 0.700. The van der Waals surface area contributed by atoms with Crippen LogP contribution in [0.4, 0.5) is 0 Å². The monoisotopic (exact) mass is 70.0 g/mol. The molecule has 2 heteroatoms. The highest BCUT2D eigenvalue weighted by Crippen LogP contribution is 1.70. The zero-order valence-corrected chi connectivity index (χ0v) is 2.51. The maximum Gasteiger partial charge on any atom is 1.00 e. The molecule has 0 atom stereocenters. The minimum atomic E-state index is 0. The fraction of sp³-hybridized carbons (Fsp3) is 0. The quantitative estimate of drug-likeness (QED) is 0.449. The van der Waals surface area contributed by atoms with Gasteiger partial charge in [-0.2, -0.15) is 0 Å². The minimum absolute atomic E-state index is 0. The van der Waals surface area contributed by atoms with Crippen molar-refractivity contribution in [2.24, 2.45) is 0 Å². The Labute approximate surface area is 32.4 Å². The largest absolute Gasteiger partial charge is 1.00 e. The van der Waals surface area contributed by atoms with Crippen molar-refractivity contribution in [3.63, 3.8) is 0 Å². The maximum absolute atomic E-state index is 4.35. The normalized spacial score (nSPS) is 8.00. The van der Waals surface area contributed by atoms with E-state index in [9.17, 15) is 0 Å². The van der Waals surface area contributed by atoms with Gasteiger partial charge in [-0.15, -0.1) is 0 Å². The lowest BCUT2D eigenvalue weighted by Gasteiger charge is -1.44. The molecule has 0 bridgehead atoms. The van der Waals surface area contributed by atoms with E-state index in [0.717, 1.165) is 0 Å². The highest BCUT2D eigenvalue weighted by atomic mass is 16.3. The molecule has 2 nitrogen and oxygen atoms in total. The number of rotatable bonds is 0. The molecule has 0 aliphatic rings. The molecule has 0 aromatic carbocycles. The molecule has 5 heavy (non-hydrogen) atoms. The van der Waals surface area contributed by atoms with Crippen molar-refractivity contribution in [2.75, 3.05) is 0 Å². The molecular weight excluding hydrogens is 66.0 g/mol. The maximum atomic E-state index is 4.35. The Kier molecular flexibility index (Phi) is 0.433. The second-order valence-electron chi connectivity index (χ2n) is 0.623. The van der Waals surface area contributed by atoms with Gasteiger partial charge in [-0.3, -0.25) is 0 Å². The molecule has 0 spiro atoms. The van der Waals surface area contributed by atoms with Crippen molar-refractivity contribution in [1.82, 2.24) is 4.98 Å². The number of hydrogen-bond donors (Lipinski definition) is 0. The van der Waals surface area contributed by atoms with Crippen molar-refractivity contribution in [3.05, 3.63) is 18.9 Å². The van der Waals surface area contributed by atoms with Crippen molar-refractivity contribution >= 4 is 0 Å². The average Bonchev–Trinajstić information content (AvgIpc) is 1.76. The Balaban J connectivity index is 0. The van der Waals surface area contributed by atoms with Crippen LogP contribution in [0.25, 0.3) is 0 Å². The average molecular weight is 70.1 g/mol. The fourth-order valence-electron chi connectivity index (χ4n) is 0.152. The van der Waals surface area contributed by atoms with Gasteiger partial charge >= 0.3 is 2.85 Å². The summed E-state index contributed by atoms with van der Waals surface area (Å²) in [4.78, 5) is 3.43. The highest BCUT2D eigenvalue weighted by Gasteiger charge is 1.62. The molecule has 0 aliphatic carbocycles. The Hall–Kier alpha value is -0.790. The second-order valence-corrected chi connectivity index (χ2v) is 0.623. The predicted molar refractivity (Wildman–Crippen MR) is 17.6 cm³/mol. The molecule has 1 aromatic rings. The van der Waals surface area contributed by atoms with Gasteiger partial charge in [0.2, 0.25) is 0 Å².